The van der Waals surface area contributed by atoms with E-state index >= 15 is 0 Å². The molecule has 0 N–H and O–H groups in total. The maximum Gasteiger partial charge on any atom is 0.332 e. The van der Waals surface area contributed by atoms with Gasteiger partial charge in [-0.15, -0.1) is 0 Å². The highest BCUT2D eigenvalue weighted by Gasteiger charge is 2.48. The number of nitrogens with zero attached hydrogens (tertiary/aromatic N) is 4. The Bertz CT molecular complexity index is 1920. The van der Waals surface area contributed by atoms with Crippen LogP contribution < -0.4 is 0 Å². The van der Waals surface area contributed by atoms with Crippen molar-refractivity contribution in [2.24, 2.45) is 0 Å². The minimum Gasteiger partial charge on any atom is -0.436 e. The molecule has 58 heavy (non-hydrogen) atoms. The van der Waals surface area contributed by atoms with E-state index in [0.29, 0.717) is 86.5 Å². The van der Waals surface area contributed by atoms with Crippen LogP contribution in [-0.4, -0.2) is 163 Å². The Hall–Kier alpha value is -4.28. The molecule has 4 atom stereocenters. The third-order valence-electron chi connectivity index (χ3n) is 9.98. The second kappa shape index (κ2) is 19.2. The minimum atomic E-state index is -4.69. The molecule has 0 aliphatic carbocycles. The molecule has 4 aliphatic rings. The van der Waals surface area contributed by atoms with Crippen molar-refractivity contribution in [2.45, 2.75) is 36.9 Å². The van der Waals surface area contributed by atoms with Crippen LogP contribution in [0.1, 0.15) is 56.6 Å². The van der Waals surface area contributed by atoms with Crippen molar-refractivity contribution in [3.63, 3.8) is 0 Å². The van der Waals surface area contributed by atoms with Crippen LogP contribution in [0.5, 0.6) is 0 Å². The zero-order valence-corrected chi connectivity index (χ0v) is 33.9. The van der Waals surface area contributed by atoms with Crippen LogP contribution in [0.3, 0.4) is 0 Å². The molecule has 0 spiro atoms. The fourth-order valence-corrected chi connectivity index (χ4v) is 10.6. The molecule has 0 aromatic heterocycles. The minimum absolute atomic E-state index is 0.00284. The lowest BCUT2D eigenvalue weighted by molar-refractivity contribution is -0.142. The molecule has 20 heteroatoms. The van der Waals surface area contributed by atoms with Gasteiger partial charge in [-0.2, -0.15) is 0 Å². The summed E-state index contributed by atoms with van der Waals surface area (Å²) in [6.45, 7) is 8.32. The van der Waals surface area contributed by atoms with Crippen molar-refractivity contribution < 1.29 is 64.4 Å². The summed E-state index contributed by atoms with van der Waals surface area (Å²) < 4.78 is 90.8. The van der Waals surface area contributed by atoms with Gasteiger partial charge in [0.25, 0.3) is 31.9 Å². The van der Waals surface area contributed by atoms with Gasteiger partial charge in [-0.25, -0.2) is 35.0 Å². The summed E-state index contributed by atoms with van der Waals surface area (Å²) in [6, 6.07) is 11.6. The summed E-state index contributed by atoms with van der Waals surface area (Å²) in [7, 11) is -9.38. The number of esters is 2. The number of carbonyl (C=O) groups is 4. The van der Waals surface area contributed by atoms with E-state index < -0.39 is 66.9 Å². The average Bonchev–Trinajstić information content (AvgIpc) is 3.21. The first kappa shape index (κ1) is 43.3. The topological polar surface area (TPSA) is 205 Å². The Balaban J connectivity index is 1.18. The number of hydrogen-bond donors (Lipinski definition) is 0. The van der Waals surface area contributed by atoms with Crippen LogP contribution in [0.25, 0.3) is 0 Å². The SMILES string of the molecule is CCOC(CN1CCOCC1)CN1C(=O)c2ccccc2C(OC(=O)/C=C/C(=O)OC2c3ccccc3C(=O)N(CC(CN3CCOCC3)OCC)S2(=O)=O)S1(=O)=O. The van der Waals surface area contributed by atoms with Crippen LogP contribution in [0.15, 0.2) is 60.7 Å². The molecule has 2 amide bonds. The summed E-state index contributed by atoms with van der Waals surface area (Å²) in [4.78, 5) is 57.8. The molecule has 0 bridgehead atoms. The van der Waals surface area contributed by atoms with Crippen LogP contribution in [0.2, 0.25) is 0 Å². The molecule has 18 nitrogen and oxygen atoms in total. The fraction of sp³-hybridized carbons (Fsp3) is 0.526. The first-order chi connectivity index (χ1) is 27.8. The van der Waals surface area contributed by atoms with E-state index in [-0.39, 0.29) is 48.6 Å². The van der Waals surface area contributed by atoms with Crippen LogP contribution in [0, 0.1) is 0 Å². The lowest BCUT2D eigenvalue weighted by Crippen LogP contribution is -2.51. The molecule has 2 aromatic rings. The van der Waals surface area contributed by atoms with E-state index in [2.05, 4.69) is 0 Å². The van der Waals surface area contributed by atoms with Crippen molar-refractivity contribution in [1.82, 2.24) is 18.4 Å². The molecular formula is C38H48N4O14S2. The van der Waals surface area contributed by atoms with Gasteiger partial charge in [0.05, 0.1) is 51.7 Å². The first-order valence-corrected chi connectivity index (χ1v) is 22.1. The summed E-state index contributed by atoms with van der Waals surface area (Å²) in [5, 5.41) is 0. The number of ether oxygens (including phenoxy) is 6. The molecule has 2 aromatic carbocycles. The number of hydrogen-bond acceptors (Lipinski definition) is 16. The van der Waals surface area contributed by atoms with E-state index in [4.69, 9.17) is 28.4 Å². The lowest BCUT2D eigenvalue weighted by atomic mass is 10.1. The third kappa shape index (κ3) is 9.77. The smallest absolute Gasteiger partial charge is 0.332 e. The van der Waals surface area contributed by atoms with Crippen LogP contribution in [-0.2, 0) is 58.1 Å². The van der Waals surface area contributed by atoms with Crippen LogP contribution >= 0.6 is 0 Å². The summed E-state index contributed by atoms with van der Waals surface area (Å²) in [5.41, 5.74) is -4.11. The largest absolute Gasteiger partial charge is 0.436 e. The second-order valence-corrected chi connectivity index (χ2v) is 17.6. The molecule has 0 radical (unpaired) electrons. The zero-order valence-electron chi connectivity index (χ0n) is 32.3. The summed E-state index contributed by atoms with van der Waals surface area (Å²) in [5.74, 6) is -4.22. The number of amides is 2. The quantitative estimate of drug-likeness (QED) is 0.171. The molecule has 2 saturated heterocycles. The van der Waals surface area contributed by atoms with Gasteiger partial charge >= 0.3 is 11.9 Å². The highest BCUT2D eigenvalue weighted by atomic mass is 32.2. The number of benzene rings is 2. The highest BCUT2D eigenvalue weighted by Crippen LogP contribution is 2.38. The van der Waals surface area contributed by atoms with E-state index in [9.17, 15) is 36.0 Å². The van der Waals surface area contributed by atoms with E-state index in [0.717, 1.165) is 0 Å². The van der Waals surface area contributed by atoms with Gasteiger partial charge in [0, 0.05) is 86.9 Å². The second-order valence-electron chi connectivity index (χ2n) is 13.8. The van der Waals surface area contributed by atoms with E-state index in [1.54, 1.807) is 26.0 Å². The van der Waals surface area contributed by atoms with Gasteiger partial charge in [0.2, 0.25) is 10.9 Å². The van der Waals surface area contributed by atoms with E-state index in [1.807, 2.05) is 9.80 Å². The van der Waals surface area contributed by atoms with Crippen molar-refractivity contribution >= 4 is 43.8 Å². The van der Waals surface area contributed by atoms with Crippen molar-refractivity contribution in [3.8, 4) is 0 Å². The fourth-order valence-electron chi connectivity index (χ4n) is 7.21. The molecule has 6 rings (SSSR count). The third-order valence-corrected chi connectivity index (χ3v) is 13.6. The monoisotopic (exact) mass is 848 g/mol. The van der Waals surface area contributed by atoms with Gasteiger partial charge in [0.15, 0.2) is 0 Å². The molecular weight excluding hydrogens is 801 g/mol. The standard InChI is InChI=1S/C38H48N4O14S2/c1-3-53-27(23-39-15-19-51-20-16-39)25-41-35(45)29-9-5-7-11-31(29)37(57(41,47)48)55-33(43)13-14-34(44)56-38-32-12-8-6-10-30(32)36(46)42(58(38,49)50)26-28(54-4-2)24-40-17-21-52-22-18-40/h5-14,27-28,37-38H,3-4,15-26H2,1-2H3/b14-13+. The Kier molecular flexibility index (Phi) is 14.3. The Labute approximate surface area is 337 Å². The van der Waals surface area contributed by atoms with Crippen molar-refractivity contribution in [2.75, 3.05) is 92.0 Å². The maximum atomic E-state index is 14.0. The molecule has 4 aliphatic heterocycles. The Morgan fingerprint density at radius 2 is 1.00 bits per heavy atom. The summed E-state index contributed by atoms with van der Waals surface area (Å²) in [6.07, 6.45) is -0.221. The van der Waals surface area contributed by atoms with Crippen LogP contribution in [0.4, 0.5) is 0 Å². The van der Waals surface area contributed by atoms with Gasteiger partial charge in [-0.3, -0.25) is 19.4 Å². The average molecular weight is 849 g/mol. The number of fused-ring (bicyclic) bond motifs is 2. The van der Waals surface area contributed by atoms with E-state index in [1.165, 1.54) is 36.4 Å². The predicted molar refractivity (Wildman–Crippen MR) is 205 cm³/mol. The lowest BCUT2D eigenvalue weighted by Gasteiger charge is -2.36. The number of carbonyl (C=O) groups excluding carboxylic acids is 4. The van der Waals surface area contributed by atoms with Gasteiger partial charge < -0.3 is 28.4 Å². The van der Waals surface area contributed by atoms with Crippen molar-refractivity contribution in [1.29, 1.82) is 0 Å². The molecule has 0 saturated carbocycles. The zero-order chi connectivity index (χ0) is 41.5. The van der Waals surface area contributed by atoms with Gasteiger partial charge in [-0.1, -0.05) is 36.4 Å². The number of rotatable bonds is 16. The predicted octanol–water partition coefficient (Wildman–Crippen LogP) is 1.07. The molecule has 4 heterocycles. The van der Waals surface area contributed by atoms with Gasteiger partial charge in [0.1, 0.15) is 0 Å². The maximum absolute atomic E-state index is 14.0. The Morgan fingerprint density at radius 3 is 1.36 bits per heavy atom. The Morgan fingerprint density at radius 1 is 0.638 bits per heavy atom. The molecule has 316 valence electrons. The van der Waals surface area contributed by atoms with Gasteiger partial charge in [-0.05, 0) is 26.0 Å². The molecule has 2 fully saturated rings. The highest BCUT2D eigenvalue weighted by molar-refractivity contribution is 7.90. The number of sulfonamides is 2. The number of morpholine rings is 2. The first-order valence-electron chi connectivity index (χ1n) is 19.1. The summed E-state index contributed by atoms with van der Waals surface area (Å²) >= 11 is 0. The normalized spacial score (nSPS) is 23.2. The molecule has 4 unspecified atom stereocenters. The van der Waals surface area contributed by atoms with Crippen molar-refractivity contribution in [3.05, 3.63) is 82.9 Å².